The standard InChI is InChI=1S/C24H18FN3O2/c25-19-10-4-1-8-17(19)23-18-9-3-6-12-21(18)27-24(29)22(28(23)30)13-15-14-26-20-11-5-2-7-16(15)20/h1-12,14,22,26,30H,13H2/t22-/m1/s1. The van der Waals surface area contributed by atoms with E-state index in [1.165, 1.54) is 6.07 Å². The summed E-state index contributed by atoms with van der Waals surface area (Å²) < 4.78 is 14.7. The lowest BCUT2D eigenvalue weighted by molar-refractivity contribution is -0.135. The molecule has 0 radical (unpaired) electrons. The first-order chi connectivity index (χ1) is 14.6. The molecule has 0 saturated carbocycles. The number of amides is 1. The second-order valence-corrected chi connectivity index (χ2v) is 7.22. The number of H-pyrrole nitrogens is 1. The van der Waals surface area contributed by atoms with E-state index in [0.717, 1.165) is 21.5 Å². The van der Waals surface area contributed by atoms with Gasteiger partial charge in [0, 0.05) is 34.3 Å². The molecule has 0 saturated heterocycles. The van der Waals surface area contributed by atoms with Crippen molar-refractivity contribution < 1.29 is 14.4 Å². The molecule has 30 heavy (non-hydrogen) atoms. The highest BCUT2D eigenvalue weighted by Gasteiger charge is 2.31. The number of benzene rings is 3. The summed E-state index contributed by atoms with van der Waals surface area (Å²) in [4.78, 5) is 20.5. The third-order valence-electron chi connectivity index (χ3n) is 5.42. The van der Waals surface area contributed by atoms with Crippen molar-refractivity contribution in [2.24, 2.45) is 4.99 Å². The minimum atomic E-state index is -0.994. The van der Waals surface area contributed by atoms with E-state index in [-0.39, 0.29) is 17.7 Å². The number of para-hydroxylation sites is 2. The molecule has 0 fully saturated rings. The van der Waals surface area contributed by atoms with Crippen molar-refractivity contribution in [2.45, 2.75) is 12.5 Å². The molecule has 1 aromatic heterocycles. The molecule has 0 unspecified atom stereocenters. The van der Waals surface area contributed by atoms with E-state index in [2.05, 4.69) is 9.98 Å². The Bertz CT molecular complexity index is 1390. The summed E-state index contributed by atoms with van der Waals surface area (Å²) in [6, 6.07) is 19.9. The first kappa shape index (κ1) is 18.3. The Kier molecular flexibility index (Phi) is 4.41. The molecule has 1 aliphatic heterocycles. The molecule has 2 heterocycles. The van der Waals surface area contributed by atoms with Crippen LogP contribution in [0.3, 0.4) is 0 Å². The van der Waals surface area contributed by atoms with Crippen LogP contribution in [0.4, 0.5) is 4.39 Å². The molecule has 5 nitrogen and oxygen atoms in total. The van der Waals surface area contributed by atoms with Crippen LogP contribution in [-0.4, -0.2) is 27.2 Å². The molecule has 1 aliphatic rings. The Balaban J connectivity index is 1.70. The van der Waals surface area contributed by atoms with Gasteiger partial charge in [0.05, 0.1) is 11.1 Å². The quantitative estimate of drug-likeness (QED) is 0.557. The number of hydroxylamine groups is 2. The zero-order valence-corrected chi connectivity index (χ0v) is 15.9. The number of hydrogen-bond acceptors (Lipinski definition) is 3. The minimum Gasteiger partial charge on any atom is -0.361 e. The first-order valence-corrected chi connectivity index (χ1v) is 9.63. The number of carbonyl (C=O) groups excluding carboxylic acids is 1. The van der Waals surface area contributed by atoms with Crippen LogP contribution >= 0.6 is 0 Å². The average Bonchev–Trinajstić information content (AvgIpc) is 3.13. The number of carbonyl (C=O) groups is 1. The van der Waals surface area contributed by atoms with Crippen LogP contribution in [0, 0.1) is 5.82 Å². The number of hydrogen-bond donors (Lipinski definition) is 2. The number of nitrogens with zero attached hydrogens (tertiary/aromatic N) is 2. The van der Waals surface area contributed by atoms with Gasteiger partial charge in [0.15, 0.2) is 0 Å². The number of fused-ring (bicyclic) bond motifs is 2. The first-order valence-electron chi connectivity index (χ1n) is 9.63. The average molecular weight is 399 g/mol. The molecule has 148 valence electrons. The van der Waals surface area contributed by atoms with Gasteiger partial charge in [-0.05, 0) is 29.8 Å². The lowest BCUT2D eigenvalue weighted by Crippen LogP contribution is -2.40. The van der Waals surface area contributed by atoms with Crippen LogP contribution in [0.2, 0.25) is 0 Å². The Hall–Kier alpha value is -3.77. The highest BCUT2D eigenvalue weighted by Crippen LogP contribution is 2.26. The van der Waals surface area contributed by atoms with Gasteiger partial charge in [0.1, 0.15) is 11.9 Å². The van der Waals surface area contributed by atoms with Gasteiger partial charge >= 0.3 is 0 Å². The van der Waals surface area contributed by atoms with E-state index in [4.69, 9.17) is 0 Å². The molecule has 2 N–H and O–H groups in total. The summed E-state index contributed by atoms with van der Waals surface area (Å²) in [6.07, 6.45) is 2.04. The van der Waals surface area contributed by atoms with E-state index < -0.39 is 17.8 Å². The van der Waals surface area contributed by atoms with E-state index in [1.54, 1.807) is 42.5 Å². The number of rotatable bonds is 3. The third-order valence-corrected chi connectivity index (χ3v) is 5.42. The Labute approximate surface area is 171 Å². The maximum absolute atomic E-state index is 14.7. The summed E-state index contributed by atoms with van der Waals surface area (Å²) in [6.45, 7) is 0. The minimum absolute atomic E-state index is 0.210. The molecular weight excluding hydrogens is 381 g/mol. The van der Waals surface area contributed by atoms with Gasteiger partial charge < -0.3 is 4.98 Å². The van der Waals surface area contributed by atoms with Gasteiger partial charge in [0.2, 0.25) is 0 Å². The number of aromatic amines is 1. The van der Waals surface area contributed by atoms with Crippen LogP contribution in [0.1, 0.15) is 11.1 Å². The highest BCUT2D eigenvalue weighted by molar-refractivity contribution is 5.88. The van der Waals surface area contributed by atoms with Crippen molar-refractivity contribution >= 4 is 22.5 Å². The smallest absolute Gasteiger partial charge is 0.271 e. The third kappa shape index (κ3) is 2.98. The number of halogens is 1. The number of aromatic nitrogens is 1. The van der Waals surface area contributed by atoms with Gasteiger partial charge in [0.25, 0.3) is 5.91 Å². The molecule has 4 aromatic rings. The van der Waals surface area contributed by atoms with Crippen molar-refractivity contribution in [2.75, 3.05) is 0 Å². The van der Waals surface area contributed by atoms with Gasteiger partial charge in [-0.25, -0.2) is 14.4 Å². The summed E-state index contributed by atoms with van der Waals surface area (Å²) in [7, 11) is 0. The fourth-order valence-corrected chi connectivity index (χ4v) is 3.95. The molecule has 0 spiro atoms. The van der Waals surface area contributed by atoms with Gasteiger partial charge in [-0.1, -0.05) is 48.5 Å². The molecule has 0 aliphatic carbocycles. The van der Waals surface area contributed by atoms with Crippen LogP contribution in [-0.2, 0) is 11.2 Å². The maximum Gasteiger partial charge on any atom is 0.271 e. The van der Waals surface area contributed by atoms with E-state index in [9.17, 15) is 14.4 Å². The molecule has 1 amide bonds. The molecule has 5 rings (SSSR count). The van der Waals surface area contributed by atoms with Crippen LogP contribution in [0.15, 0.2) is 84.0 Å². The van der Waals surface area contributed by atoms with E-state index >= 15 is 0 Å². The lowest BCUT2D eigenvalue weighted by atomic mass is 10.0. The maximum atomic E-state index is 14.7. The molecular formula is C24H18FN3O2. The lowest BCUT2D eigenvalue weighted by Gasteiger charge is -2.27. The molecule has 6 heteroatoms. The predicted molar refractivity (Wildman–Crippen MR) is 111 cm³/mol. The fourth-order valence-electron chi connectivity index (χ4n) is 3.95. The zero-order valence-electron chi connectivity index (χ0n) is 15.9. The second kappa shape index (κ2) is 7.24. The van der Waals surface area contributed by atoms with Crippen molar-refractivity contribution in [1.82, 2.24) is 10.0 Å². The summed E-state index contributed by atoms with van der Waals surface area (Å²) in [5.74, 6) is -0.969. The topological polar surface area (TPSA) is 68.7 Å². The van der Waals surface area contributed by atoms with E-state index in [1.807, 2.05) is 30.5 Å². The van der Waals surface area contributed by atoms with Crippen molar-refractivity contribution in [3.8, 4) is 0 Å². The monoisotopic (exact) mass is 399 g/mol. The molecule has 3 aromatic carbocycles. The Morgan fingerprint density at radius 3 is 2.60 bits per heavy atom. The van der Waals surface area contributed by atoms with Crippen LogP contribution < -0.4 is 10.6 Å². The summed E-state index contributed by atoms with van der Waals surface area (Å²) in [5.41, 5.74) is 2.25. The summed E-state index contributed by atoms with van der Waals surface area (Å²) >= 11 is 0. The van der Waals surface area contributed by atoms with Gasteiger partial charge in [-0.15, -0.1) is 0 Å². The SMILES string of the molecule is O=C1N=c2ccccc2=C(c2ccccc2F)N(O)[C@@H]1Cc1c[nH]c2ccccc12. The van der Waals surface area contributed by atoms with Crippen molar-refractivity contribution in [1.29, 1.82) is 0 Å². The normalized spacial score (nSPS) is 16.3. The van der Waals surface area contributed by atoms with Crippen LogP contribution in [0.5, 0.6) is 0 Å². The van der Waals surface area contributed by atoms with E-state index in [0.29, 0.717) is 10.6 Å². The van der Waals surface area contributed by atoms with Gasteiger partial charge in [-0.3, -0.25) is 10.0 Å². The fraction of sp³-hybridized carbons (Fsp3) is 0.0833. The van der Waals surface area contributed by atoms with Crippen LogP contribution in [0.25, 0.3) is 16.6 Å². The van der Waals surface area contributed by atoms with Crippen molar-refractivity contribution in [3.63, 3.8) is 0 Å². The molecule has 0 bridgehead atoms. The van der Waals surface area contributed by atoms with Gasteiger partial charge in [-0.2, -0.15) is 0 Å². The Morgan fingerprint density at radius 2 is 1.73 bits per heavy atom. The Morgan fingerprint density at radius 1 is 1.00 bits per heavy atom. The largest absolute Gasteiger partial charge is 0.361 e. The highest BCUT2D eigenvalue weighted by atomic mass is 19.1. The predicted octanol–water partition coefficient (Wildman–Crippen LogP) is 2.93. The second-order valence-electron chi connectivity index (χ2n) is 7.22. The number of nitrogens with one attached hydrogen (secondary N) is 1. The van der Waals surface area contributed by atoms with Crippen molar-refractivity contribution in [3.05, 3.63) is 107 Å². The zero-order chi connectivity index (χ0) is 20.7. The summed E-state index contributed by atoms with van der Waals surface area (Å²) in [5, 5.41) is 14.0. The molecule has 1 atom stereocenters.